The van der Waals surface area contributed by atoms with Gasteiger partial charge < -0.3 is 11.1 Å². The zero-order valence-corrected chi connectivity index (χ0v) is 11.4. The maximum atomic E-state index is 11.2. The van der Waals surface area contributed by atoms with E-state index in [4.69, 9.17) is 5.73 Å². The van der Waals surface area contributed by atoms with Gasteiger partial charge in [-0.15, -0.1) is 11.8 Å². The summed E-state index contributed by atoms with van der Waals surface area (Å²) >= 11 is 1.83. The first-order valence-corrected chi connectivity index (χ1v) is 6.67. The quantitative estimate of drug-likeness (QED) is 0.791. The first-order chi connectivity index (χ1) is 8.02. The predicted molar refractivity (Wildman–Crippen MR) is 73.0 cm³/mol. The zero-order chi connectivity index (χ0) is 12.8. The van der Waals surface area contributed by atoms with E-state index in [0.29, 0.717) is 5.25 Å². The zero-order valence-electron chi connectivity index (χ0n) is 10.6. The van der Waals surface area contributed by atoms with E-state index in [1.807, 2.05) is 30.8 Å². The third-order valence-corrected chi connectivity index (χ3v) is 3.33. The molecule has 1 aromatic rings. The molecular formula is C13H20N2OS. The maximum absolute atomic E-state index is 11.2. The molecule has 0 saturated carbocycles. The molecule has 0 radical (unpaired) electrons. The van der Waals surface area contributed by atoms with Crippen molar-refractivity contribution < 1.29 is 4.79 Å². The van der Waals surface area contributed by atoms with Crippen molar-refractivity contribution in [3.63, 3.8) is 0 Å². The van der Waals surface area contributed by atoms with Crippen LogP contribution in [0.25, 0.3) is 0 Å². The Kier molecular flexibility index (Phi) is 5.51. The summed E-state index contributed by atoms with van der Waals surface area (Å²) < 4.78 is 0. The van der Waals surface area contributed by atoms with Gasteiger partial charge in [0, 0.05) is 10.1 Å². The molecule has 0 saturated heterocycles. The Balaban J connectivity index is 2.63. The first-order valence-electron chi connectivity index (χ1n) is 5.79. The Bertz CT molecular complexity index is 362. The fraction of sp³-hybridized carbons (Fsp3) is 0.462. The van der Waals surface area contributed by atoms with Crippen LogP contribution in [0.3, 0.4) is 0 Å². The van der Waals surface area contributed by atoms with Crippen LogP contribution >= 0.6 is 11.8 Å². The summed E-state index contributed by atoms with van der Waals surface area (Å²) in [4.78, 5) is 12.4. The van der Waals surface area contributed by atoms with E-state index >= 15 is 0 Å². The Morgan fingerprint density at radius 1 is 1.29 bits per heavy atom. The minimum Gasteiger partial charge on any atom is -0.348 e. The van der Waals surface area contributed by atoms with E-state index in [1.165, 1.54) is 4.90 Å². The average Bonchev–Trinajstić information content (AvgIpc) is 2.28. The van der Waals surface area contributed by atoms with Crippen molar-refractivity contribution in [2.75, 3.05) is 6.54 Å². The average molecular weight is 252 g/mol. The molecule has 1 amide bonds. The third kappa shape index (κ3) is 4.79. The van der Waals surface area contributed by atoms with Crippen molar-refractivity contribution in [2.45, 2.75) is 37.0 Å². The van der Waals surface area contributed by atoms with E-state index < -0.39 is 0 Å². The summed E-state index contributed by atoms with van der Waals surface area (Å²) in [5.41, 5.74) is 6.36. The lowest BCUT2D eigenvalue weighted by Gasteiger charge is -2.14. The van der Waals surface area contributed by atoms with Gasteiger partial charge in [0.2, 0.25) is 5.91 Å². The molecule has 0 aromatic heterocycles. The molecule has 3 nitrogen and oxygen atoms in total. The van der Waals surface area contributed by atoms with Crippen LogP contribution in [0.15, 0.2) is 29.2 Å². The molecule has 1 unspecified atom stereocenters. The van der Waals surface area contributed by atoms with Crippen molar-refractivity contribution in [2.24, 2.45) is 5.73 Å². The normalized spacial score (nSPS) is 12.5. The summed E-state index contributed by atoms with van der Waals surface area (Å²) in [7, 11) is 0. The third-order valence-electron chi connectivity index (χ3n) is 2.31. The first kappa shape index (κ1) is 14.1. The topological polar surface area (TPSA) is 55.1 Å². The van der Waals surface area contributed by atoms with Gasteiger partial charge in [-0.25, -0.2) is 0 Å². The number of hydrogen-bond donors (Lipinski definition) is 2. The van der Waals surface area contributed by atoms with Gasteiger partial charge in [-0.3, -0.25) is 4.79 Å². The van der Waals surface area contributed by atoms with Crippen molar-refractivity contribution in [1.82, 2.24) is 5.32 Å². The van der Waals surface area contributed by atoms with Gasteiger partial charge in [0.15, 0.2) is 0 Å². The molecular weight excluding hydrogens is 232 g/mol. The second-order valence-electron chi connectivity index (χ2n) is 4.23. The second kappa shape index (κ2) is 6.67. The summed E-state index contributed by atoms with van der Waals surface area (Å²) in [6, 6.07) is 8.28. The highest BCUT2D eigenvalue weighted by atomic mass is 32.2. The van der Waals surface area contributed by atoms with Crippen LogP contribution in [0.1, 0.15) is 32.4 Å². The number of nitrogens with two attached hydrogens (primary N) is 1. The standard InChI is InChI=1S/C13H20N2OS/c1-9(2)17-12-6-4-11(5-7-12)10(3)15-13(16)8-14/h4-7,9-10H,8,14H2,1-3H3,(H,15,16). The minimum atomic E-state index is -0.127. The largest absolute Gasteiger partial charge is 0.348 e. The fourth-order valence-electron chi connectivity index (χ4n) is 1.49. The summed E-state index contributed by atoms with van der Waals surface area (Å²) in [6.45, 7) is 6.33. The number of rotatable bonds is 5. The lowest BCUT2D eigenvalue weighted by molar-refractivity contribution is -0.120. The number of carbonyl (C=O) groups excluding carboxylic acids is 1. The SMILES string of the molecule is CC(C)Sc1ccc(C(C)NC(=O)CN)cc1. The monoisotopic (exact) mass is 252 g/mol. The molecule has 0 fully saturated rings. The molecule has 4 heteroatoms. The van der Waals surface area contributed by atoms with Crippen LogP contribution in [0.4, 0.5) is 0 Å². The number of thioether (sulfide) groups is 1. The van der Waals surface area contributed by atoms with Crippen molar-refractivity contribution in [3.05, 3.63) is 29.8 Å². The van der Waals surface area contributed by atoms with E-state index in [1.54, 1.807) is 0 Å². The van der Waals surface area contributed by atoms with E-state index in [-0.39, 0.29) is 18.5 Å². The Hall–Kier alpha value is -1.00. The number of hydrogen-bond acceptors (Lipinski definition) is 3. The highest BCUT2D eigenvalue weighted by Crippen LogP contribution is 2.24. The molecule has 94 valence electrons. The summed E-state index contributed by atoms with van der Waals surface area (Å²) in [5.74, 6) is -0.127. The van der Waals surface area contributed by atoms with Crippen LogP contribution in [0.2, 0.25) is 0 Å². The van der Waals surface area contributed by atoms with E-state index in [2.05, 4.69) is 31.3 Å². The van der Waals surface area contributed by atoms with Crippen molar-refractivity contribution in [3.8, 4) is 0 Å². The Morgan fingerprint density at radius 2 is 1.88 bits per heavy atom. The second-order valence-corrected chi connectivity index (χ2v) is 5.88. The van der Waals surface area contributed by atoms with Crippen molar-refractivity contribution in [1.29, 1.82) is 0 Å². The van der Waals surface area contributed by atoms with Gasteiger partial charge in [-0.1, -0.05) is 26.0 Å². The number of amides is 1. The van der Waals surface area contributed by atoms with Crippen LogP contribution in [-0.4, -0.2) is 17.7 Å². The molecule has 3 N–H and O–H groups in total. The van der Waals surface area contributed by atoms with E-state index in [9.17, 15) is 4.79 Å². The molecule has 0 aliphatic heterocycles. The highest BCUT2D eigenvalue weighted by molar-refractivity contribution is 7.99. The van der Waals surface area contributed by atoms with Gasteiger partial charge in [-0.05, 0) is 24.6 Å². The Morgan fingerprint density at radius 3 is 2.35 bits per heavy atom. The Labute approximate surface area is 107 Å². The van der Waals surface area contributed by atoms with Crippen LogP contribution in [0, 0.1) is 0 Å². The number of benzene rings is 1. The van der Waals surface area contributed by atoms with E-state index in [0.717, 1.165) is 5.56 Å². The molecule has 1 rings (SSSR count). The molecule has 17 heavy (non-hydrogen) atoms. The van der Waals surface area contributed by atoms with Gasteiger partial charge in [0.25, 0.3) is 0 Å². The van der Waals surface area contributed by atoms with Crippen LogP contribution < -0.4 is 11.1 Å². The predicted octanol–water partition coefficient (Wildman–Crippen LogP) is 2.32. The van der Waals surface area contributed by atoms with Crippen LogP contribution in [-0.2, 0) is 4.79 Å². The summed E-state index contributed by atoms with van der Waals surface area (Å²) in [6.07, 6.45) is 0. The van der Waals surface area contributed by atoms with Gasteiger partial charge in [0.1, 0.15) is 0 Å². The van der Waals surface area contributed by atoms with Gasteiger partial charge in [0.05, 0.1) is 12.6 Å². The minimum absolute atomic E-state index is 0.00384. The lowest BCUT2D eigenvalue weighted by Crippen LogP contribution is -2.32. The molecule has 1 aromatic carbocycles. The molecule has 0 spiro atoms. The molecule has 0 bridgehead atoms. The maximum Gasteiger partial charge on any atom is 0.234 e. The smallest absolute Gasteiger partial charge is 0.234 e. The highest BCUT2D eigenvalue weighted by Gasteiger charge is 2.08. The van der Waals surface area contributed by atoms with Crippen LogP contribution in [0.5, 0.6) is 0 Å². The van der Waals surface area contributed by atoms with Gasteiger partial charge >= 0.3 is 0 Å². The van der Waals surface area contributed by atoms with Crippen molar-refractivity contribution >= 4 is 17.7 Å². The fourth-order valence-corrected chi connectivity index (χ4v) is 2.33. The summed E-state index contributed by atoms with van der Waals surface area (Å²) in [5, 5.41) is 3.41. The molecule has 0 aliphatic rings. The lowest BCUT2D eigenvalue weighted by atomic mass is 10.1. The number of nitrogens with one attached hydrogen (secondary N) is 1. The van der Waals surface area contributed by atoms with Gasteiger partial charge in [-0.2, -0.15) is 0 Å². The number of carbonyl (C=O) groups is 1. The molecule has 0 aliphatic carbocycles. The molecule has 1 atom stereocenters. The molecule has 0 heterocycles.